The Labute approximate surface area is 117 Å². The number of hydrogen-bond donors (Lipinski definition) is 1. The molecule has 0 aliphatic carbocycles. The van der Waals surface area contributed by atoms with Crippen LogP contribution in [-0.4, -0.2) is 21.7 Å². The molecule has 2 N–H and O–H groups in total. The molecular formula is C15H16N4O. The summed E-state index contributed by atoms with van der Waals surface area (Å²) < 4.78 is 7.19. The topological polar surface area (TPSA) is 65.4 Å². The van der Waals surface area contributed by atoms with Crippen molar-refractivity contribution in [3.05, 3.63) is 47.8 Å². The molecule has 0 amide bonds. The lowest BCUT2D eigenvalue weighted by atomic mass is 10.1. The average Bonchev–Trinajstić information content (AvgIpc) is 2.89. The van der Waals surface area contributed by atoms with Crippen LogP contribution in [0.15, 0.2) is 36.5 Å². The van der Waals surface area contributed by atoms with Gasteiger partial charge < -0.3 is 10.5 Å². The van der Waals surface area contributed by atoms with Crippen molar-refractivity contribution in [1.82, 2.24) is 14.6 Å². The number of aryl methyl sites for hydroxylation is 1. The maximum atomic E-state index is 5.70. The number of ether oxygens (including phenoxy) is 1. The molecule has 2 aromatic heterocycles. The molecule has 3 rings (SSSR count). The third kappa shape index (κ3) is 2.02. The summed E-state index contributed by atoms with van der Waals surface area (Å²) in [7, 11) is 1.66. The lowest BCUT2D eigenvalue weighted by Crippen LogP contribution is -2.04. The van der Waals surface area contributed by atoms with Gasteiger partial charge in [0.25, 0.3) is 0 Å². The van der Waals surface area contributed by atoms with Gasteiger partial charge >= 0.3 is 0 Å². The highest BCUT2D eigenvalue weighted by Crippen LogP contribution is 2.29. The number of fused-ring (bicyclic) bond motifs is 1. The highest BCUT2D eigenvalue weighted by atomic mass is 16.5. The van der Waals surface area contributed by atoms with Gasteiger partial charge in [-0.1, -0.05) is 11.6 Å². The first-order chi connectivity index (χ1) is 9.72. The van der Waals surface area contributed by atoms with E-state index in [9.17, 15) is 0 Å². The van der Waals surface area contributed by atoms with Crippen LogP contribution in [0.3, 0.4) is 0 Å². The van der Waals surface area contributed by atoms with Gasteiger partial charge in [0.15, 0.2) is 5.65 Å². The zero-order valence-corrected chi connectivity index (χ0v) is 11.5. The minimum Gasteiger partial charge on any atom is -0.496 e. The number of nitrogens with two attached hydrogens (primary N) is 1. The summed E-state index contributed by atoms with van der Waals surface area (Å²) in [6, 6.07) is 9.91. The van der Waals surface area contributed by atoms with Crippen molar-refractivity contribution in [2.45, 2.75) is 13.5 Å². The summed E-state index contributed by atoms with van der Waals surface area (Å²) in [5.41, 5.74) is 10.3. The number of nitrogens with zero attached hydrogens (tertiary/aromatic N) is 3. The van der Waals surface area contributed by atoms with E-state index in [1.165, 1.54) is 0 Å². The van der Waals surface area contributed by atoms with E-state index in [0.29, 0.717) is 6.54 Å². The first-order valence-corrected chi connectivity index (χ1v) is 6.41. The zero-order chi connectivity index (χ0) is 14.1. The van der Waals surface area contributed by atoms with E-state index in [0.717, 1.165) is 33.9 Å². The summed E-state index contributed by atoms with van der Waals surface area (Å²) in [5, 5.41) is 4.62. The Bertz CT molecular complexity index is 764. The molecule has 0 spiro atoms. The predicted octanol–water partition coefficient (Wildman–Crippen LogP) is 2.17. The van der Waals surface area contributed by atoms with Gasteiger partial charge in [-0.25, -0.2) is 9.50 Å². The molecule has 0 radical (unpaired) electrons. The fourth-order valence-electron chi connectivity index (χ4n) is 2.23. The van der Waals surface area contributed by atoms with Crippen LogP contribution in [0, 0.1) is 6.92 Å². The monoisotopic (exact) mass is 268 g/mol. The third-order valence-corrected chi connectivity index (χ3v) is 3.27. The highest BCUT2D eigenvalue weighted by molar-refractivity contribution is 5.68. The second-order valence-electron chi connectivity index (χ2n) is 4.65. The van der Waals surface area contributed by atoms with E-state index < -0.39 is 0 Å². The van der Waals surface area contributed by atoms with E-state index in [1.54, 1.807) is 17.8 Å². The van der Waals surface area contributed by atoms with Gasteiger partial charge in [0, 0.05) is 12.1 Å². The van der Waals surface area contributed by atoms with Crippen LogP contribution >= 0.6 is 0 Å². The van der Waals surface area contributed by atoms with Crippen molar-refractivity contribution in [2.24, 2.45) is 5.73 Å². The van der Waals surface area contributed by atoms with Gasteiger partial charge in [0.2, 0.25) is 0 Å². The van der Waals surface area contributed by atoms with Crippen LogP contribution in [-0.2, 0) is 6.54 Å². The summed E-state index contributed by atoms with van der Waals surface area (Å²) in [5.74, 6) is 0.803. The van der Waals surface area contributed by atoms with Crippen LogP contribution in [0.2, 0.25) is 0 Å². The van der Waals surface area contributed by atoms with Crippen LogP contribution < -0.4 is 10.5 Å². The lowest BCUT2D eigenvalue weighted by molar-refractivity contribution is 0.416. The molecule has 5 nitrogen and oxygen atoms in total. The summed E-state index contributed by atoms with van der Waals surface area (Å²) in [6.07, 6.45) is 1.75. The van der Waals surface area contributed by atoms with E-state index in [4.69, 9.17) is 10.5 Å². The van der Waals surface area contributed by atoms with E-state index in [1.807, 2.05) is 31.2 Å². The van der Waals surface area contributed by atoms with E-state index >= 15 is 0 Å². The van der Waals surface area contributed by atoms with Crippen LogP contribution in [0.5, 0.6) is 5.75 Å². The van der Waals surface area contributed by atoms with Crippen LogP contribution in [0.1, 0.15) is 11.3 Å². The van der Waals surface area contributed by atoms with Crippen molar-refractivity contribution in [2.75, 3.05) is 7.11 Å². The molecule has 5 heteroatoms. The molecule has 0 unspecified atom stereocenters. The van der Waals surface area contributed by atoms with Gasteiger partial charge in [-0.2, -0.15) is 5.10 Å². The van der Waals surface area contributed by atoms with Crippen molar-refractivity contribution in [3.8, 4) is 17.0 Å². The molecule has 102 valence electrons. The number of methoxy groups -OCH3 is 1. The Morgan fingerprint density at radius 2 is 2.10 bits per heavy atom. The van der Waals surface area contributed by atoms with Crippen LogP contribution in [0.4, 0.5) is 0 Å². The number of aromatic nitrogens is 3. The van der Waals surface area contributed by atoms with Gasteiger partial charge in [0.05, 0.1) is 24.7 Å². The Hall–Kier alpha value is -2.40. The zero-order valence-electron chi connectivity index (χ0n) is 11.5. The molecule has 2 heterocycles. The largest absolute Gasteiger partial charge is 0.496 e. The molecule has 0 fully saturated rings. The minimum absolute atomic E-state index is 0.405. The maximum Gasteiger partial charge on any atom is 0.153 e. The second kappa shape index (κ2) is 4.94. The number of imidazole rings is 1. The maximum absolute atomic E-state index is 5.70. The molecule has 0 aliphatic heterocycles. The van der Waals surface area contributed by atoms with Gasteiger partial charge in [0.1, 0.15) is 5.75 Å². The molecule has 0 bridgehead atoms. The molecule has 1 aromatic carbocycles. The van der Waals surface area contributed by atoms with Gasteiger partial charge in [-0.05, 0) is 31.2 Å². The number of hydrogen-bond acceptors (Lipinski definition) is 4. The third-order valence-electron chi connectivity index (χ3n) is 3.27. The average molecular weight is 268 g/mol. The Morgan fingerprint density at radius 3 is 2.85 bits per heavy atom. The molecule has 0 atom stereocenters. The van der Waals surface area contributed by atoms with Crippen molar-refractivity contribution >= 4 is 5.65 Å². The molecule has 0 saturated heterocycles. The first-order valence-electron chi connectivity index (χ1n) is 6.41. The lowest BCUT2D eigenvalue weighted by Gasteiger charge is -2.09. The van der Waals surface area contributed by atoms with Gasteiger partial charge in [-0.15, -0.1) is 0 Å². The summed E-state index contributed by atoms with van der Waals surface area (Å²) in [4.78, 5) is 4.27. The van der Waals surface area contributed by atoms with Crippen molar-refractivity contribution in [3.63, 3.8) is 0 Å². The fraction of sp³-hybridized carbons (Fsp3) is 0.200. The van der Waals surface area contributed by atoms with Crippen molar-refractivity contribution in [1.29, 1.82) is 0 Å². The minimum atomic E-state index is 0.405. The van der Waals surface area contributed by atoms with Crippen molar-refractivity contribution < 1.29 is 4.74 Å². The molecule has 20 heavy (non-hydrogen) atoms. The summed E-state index contributed by atoms with van der Waals surface area (Å²) in [6.45, 7) is 2.45. The number of benzene rings is 1. The molecular weight excluding hydrogens is 252 g/mol. The van der Waals surface area contributed by atoms with E-state index in [2.05, 4.69) is 16.1 Å². The number of rotatable bonds is 3. The smallest absolute Gasteiger partial charge is 0.153 e. The Kier molecular flexibility index (Phi) is 3.12. The predicted molar refractivity (Wildman–Crippen MR) is 77.6 cm³/mol. The molecule has 0 saturated carbocycles. The highest BCUT2D eigenvalue weighted by Gasteiger charge is 2.10. The van der Waals surface area contributed by atoms with E-state index in [-0.39, 0.29) is 0 Å². The quantitative estimate of drug-likeness (QED) is 0.790. The first kappa shape index (κ1) is 12.6. The normalized spacial score (nSPS) is 10.9. The fourth-order valence-corrected chi connectivity index (χ4v) is 2.23. The molecule has 0 aliphatic rings. The molecule has 3 aromatic rings. The SMILES string of the molecule is COc1ccc(C)cc1-c1ccc2ncc(CN)n2n1. The Balaban J connectivity index is 2.21. The Morgan fingerprint density at radius 1 is 1.25 bits per heavy atom. The summed E-state index contributed by atoms with van der Waals surface area (Å²) >= 11 is 0. The second-order valence-corrected chi connectivity index (χ2v) is 4.65. The van der Waals surface area contributed by atoms with Crippen LogP contribution in [0.25, 0.3) is 16.9 Å². The van der Waals surface area contributed by atoms with Gasteiger partial charge in [-0.3, -0.25) is 0 Å². The standard InChI is InChI=1S/C15H16N4O/c1-10-3-5-14(20-2)12(7-10)13-4-6-15-17-9-11(8-16)19(15)18-13/h3-7,9H,8,16H2,1-2H3.